The van der Waals surface area contributed by atoms with Crippen molar-refractivity contribution in [3.63, 3.8) is 0 Å². The minimum absolute atomic E-state index is 0.0210. The van der Waals surface area contributed by atoms with Crippen molar-refractivity contribution in [1.29, 1.82) is 0 Å². The number of hydrogen-bond acceptors (Lipinski definition) is 6. The monoisotopic (exact) mass is 644 g/mol. The molecule has 2 aromatic heterocycles. The maximum atomic E-state index is 16.1. The van der Waals surface area contributed by atoms with Crippen LogP contribution in [0, 0.1) is 30.6 Å². The van der Waals surface area contributed by atoms with Crippen LogP contribution in [0.25, 0.3) is 11.1 Å². The molecule has 0 spiro atoms. The SMILES string of the molecule is [2H]C([2H])([2H])C([2H])([2H])c1c(-c2ccc(NC(=O)[C@@H](NC(=O)OC(C)(C)C)C(C3CCCCC3)C3CCCCC3)nc2F)c(C)nn1C1CCCCO1. The molecule has 3 fully saturated rings. The Morgan fingerprint density at radius 3 is 2.28 bits per heavy atom. The smallest absolute Gasteiger partial charge is 0.408 e. The van der Waals surface area contributed by atoms with Crippen LogP contribution in [0.4, 0.5) is 15.0 Å². The Labute approximate surface area is 280 Å². The van der Waals surface area contributed by atoms with Crippen molar-refractivity contribution < 1.29 is 30.3 Å². The summed E-state index contributed by atoms with van der Waals surface area (Å²) < 4.78 is 70.3. The topological polar surface area (TPSA) is 107 Å². The van der Waals surface area contributed by atoms with Crippen molar-refractivity contribution in [2.45, 2.75) is 142 Å². The Hall–Kier alpha value is -3.01. The minimum Gasteiger partial charge on any atom is -0.444 e. The maximum absolute atomic E-state index is 16.1. The number of carbonyl (C=O) groups excluding carboxylic acids is 2. The lowest BCUT2D eigenvalue weighted by Crippen LogP contribution is -2.54. The summed E-state index contributed by atoms with van der Waals surface area (Å²) >= 11 is 0. The molecular formula is C36H54FN5O4. The number of aromatic nitrogens is 3. The van der Waals surface area contributed by atoms with Gasteiger partial charge in [-0.2, -0.15) is 9.49 Å². The third kappa shape index (κ3) is 8.28. The number of halogens is 1. The molecule has 2 amide bonds. The fourth-order valence-electron chi connectivity index (χ4n) is 7.75. The summed E-state index contributed by atoms with van der Waals surface area (Å²) in [6.45, 7) is 4.16. The first-order chi connectivity index (χ1) is 24.0. The van der Waals surface area contributed by atoms with Gasteiger partial charge in [0.25, 0.3) is 0 Å². The molecule has 3 aliphatic rings. The third-order valence-corrected chi connectivity index (χ3v) is 9.73. The van der Waals surface area contributed by atoms with Crippen LogP contribution in [0.15, 0.2) is 12.1 Å². The van der Waals surface area contributed by atoms with Gasteiger partial charge in [0, 0.05) is 30.3 Å². The minimum atomic E-state index is -3.10. The van der Waals surface area contributed by atoms with E-state index < -0.39 is 49.0 Å². The fourth-order valence-corrected chi connectivity index (χ4v) is 7.75. The molecule has 5 rings (SSSR count). The zero-order valence-corrected chi connectivity index (χ0v) is 27.8. The largest absolute Gasteiger partial charge is 0.444 e. The second-order valence-electron chi connectivity index (χ2n) is 14.2. The van der Waals surface area contributed by atoms with Gasteiger partial charge in [-0.25, -0.2) is 14.5 Å². The number of pyridine rings is 1. The molecule has 46 heavy (non-hydrogen) atoms. The van der Waals surface area contributed by atoms with E-state index in [1.165, 1.54) is 16.8 Å². The van der Waals surface area contributed by atoms with Crippen LogP contribution in [0.3, 0.4) is 0 Å². The molecular weight excluding hydrogens is 585 g/mol. The molecule has 9 nitrogen and oxygen atoms in total. The molecule has 10 heteroatoms. The van der Waals surface area contributed by atoms with Gasteiger partial charge in [-0.1, -0.05) is 71.1 Å². The summed E-state index contributed by atoms with van der Waals surface area (Å²) in [6, 6.07) is 1.81. The molecule has 2 atom stereocenters. The highest BCUT2D eigenvalue weighted by Crippen LogP contribution is 2.42. The number of hydrogen-bond donors (Lipinski definition) is 2. The summed E-state index contributed by atoms with van der Waals surface area (Å²) in [6.07, 6.45) is 8.18. The lowest BCUT2D eigenvalue weighted by molar-refractivity contribution is -0.121. The van der Waals surface area contributed by atoms with E-state index in [1.807, 2.05) is 0 Å². The van der Waals surface area contributed by atoms with Gasteiger partial charge in [0.2, 0.25) is 11.9 Å². The Morgan fingerprint density at radius 1 is 1.07 bits per heavy atom. The van der Waals surface area contributed by atoms with E-state index in [0.717, 1.165) is 77.0 Å². The van der Waals surface area contributed by atoms with Crippen LogP contribution in [-0.4, -0.2) is 45.0 Å². The highest BCUT2D eigenvalue weighted by Gasteiger charge is 2.42. The average Bonchev–Trinajstić information content (AvgIpc) is 3.42. The van der Waals surface area contributed by atoms with Gasteiger partial charge in [0.15, 0.2) is 0 Å². The molecule has 2 aromatic rings. The molecule has 1 saturated heterocycles. The van der Waals surface area contributed by atoms with E-state index in [9.17, 15) is 9.59 Å². The van der Waals surface area contributed by atoms with E-state index in [4.69, 9.17) is 16.3 Å². The Bertz CT molecular complexity index is 1510. The standard InChI is InChI=1S/C36H54FN5O4/c1-6-27-30(23(2)41-42(27)29-19-13-14-22-45-29)26-20-21-28(38-33(26)37)39-34(43)32(40-35(44)46-36(3,4)5)31(24-15-9-7-10-16-24)25-17-11-8-12-18-25/h20-21,24-25,29,31-32H,6-19,22H2,1-5H3,(H,40,44)(H,38,39,43)/t29?,32-/m0/s1/i1D3,6D2. The Balaban J connectivity index is 1.49. The maximum Gasteiger partial charge on any atom is 0.408 e. The zero-order valence-electron chi connectivity index (χ0n) is 32.8. The van der Waals surface area contributed by atoms with Crippen molar-refractivity contribution >= 4 is 17.8 Å². The quantitative estimate of drug-likeness (QED) is 0.266. The summed E-state index contributed by atoms with van der Waals surface area (Å²) in [5.41, 5.74) is -1.04. The van der Waals surface area contributed by atoms with Crippen LogP contribution in [0.2, 0.25) is 0 Å². The molecule has 0 radical (unpaired) electrons. The first-order valence-electron chi connectivity index (χ1n) is 19.7. The summed E-state index contributed by atoms with van der Waals surface area (Å²) in [7, 11) is 0. The van der Waals surface area contributed by atoms with E-state index in [1.54, 1.807) is 27.7 Å². The van der Waals surface area contributed by atoms with Crippen molar-refractivity contribution in [3.8, 4) is 11.1 Å². The van der Waals surface area contributed by atoms with Gasteiger partial charge in [-0.3, -0.25) is 4.79 Å². The lowest BCUT2D eigenvalue weighted by Gasteiger charge is -2.42. The first-order valence-corrected chi connectivity index (χ1v) is 17.2. The number of nitrogens with zero attached hydrogens (tertiary/aromatic N) is 3. The second-order valence-corrected chi connectivity index (χ2v) is 14.2. The number of alkyl carbamates (subject to hydrolysis) is 1. The molecule has 254 valence electrons. The molecule has 0 aromatic carbocycles. The van der Waals surface area contributed by atoms with E-state index in [0.29, 0.717) is 13.0 Å². The Morgan fingerprint density at radius 2 is 1.72 bits per heavy atom. The molecule has 3 heterocycles. The highest BCUT2D eigenvalue weighted by molar-refractivity contribution is 5.96. The first kappa shape index (κ1) is 28.0. The highest BCUT2D eigenvalue weighted by atomic mass is 19.1. The van der Waals surface area contributed by atoms with Crippen LogP contribution in [-0.2, 0) is 20.6 Å². The van der Waals surface area contributed by atoms with E-state index >= 15 is 4.39 Å². The summed E-state index contributed by atoms with van der Waals surface area (Å²) in [4.78, 5) is 31.5. The average molecular weight is 645 g/mol. The summed E-state index contributed by atoms with van der Waals surface area (Å²) in [5, 5.41) is 10.1. The number of anilines is 1. The second kappa shape index (κ2) is 15.3. The van der Waals surface area contributed by atoms with Gasteiger partial charge >= 0.3 is 6.09 Å². The molecule has 2 aliphatic carbocycles. The van der Waals surface area contributed by atoms with Gasteiger partial charge in [-0.15, -0.1) is 0 Å². The number of aryl methyl sites for hydroxylation is 1. The van der Waals surface area contributed by atoms with E-state index in [2.05, 4.69) is 20.7 Å². The molecule has 1 aliphatic heterocycles. The molecule has 2 saturated carbocycles. The van der Waals surface area contributed by atoms with Crippen molar-refractivity contribution in [2.75, 3.05) is 11.9 Å². The number of carbonyl (C=O) groups is 2. The van der Waals surface area contributed by atoms with Crippen molar-refractivity contribution in [3.05, 3.63) is 29.5 Å². The van der Waals surface area contributed by atoms with Crippen LogP contribution in [0.1, 0.15) is 136 Å². The van der Waals surface area contributed by atoms with Gasteiger partial charge in [-0.05, 0) is 83.2 Å². The number of amides is 2. The van der Waals surface area contributed by atoms with E-state index in [-0.39, 0.29) is 46.1 Å². The Kier molecular flexibility index (Phi) is 9.30. The van der Waals surface area contributed by atoms with Crippen molar-refractivity contribution in [2.24, 2.45) is 17.8 Å². The van der Waals surface area contributed by atoms with Gasteiger partial charge < -0.3 is 20.1 Å². The molecule has 2 N–H and O–H groups in total. The predicted octanol–water partition coefficient (Wildman–Crippen LogP) is 8.26. The fraction of sp³-hybridized carbons (Fsp3) is 0.722. The molecule has 0 bridgehead atoms. The normalized spacial score (nSPS) is 23.0. The van der Waals surface area contributed by atoms with Crippen molar-refractivity contribution in [1.82, 2.24) is 20.1 Å². The zero-order chi connectivity index (χ0) is 37.1. The van der Waals surface area contributed by atoms with Crippen LogP contribution < -0.4 is 10.6 Å². The number of rotatable bonds is 9. The third-order valence-electron chi connectivity index (χ3n) is 9.73. The summed E-state index contributed by atoms with van der Waals surface area (Å²) in [5.74, 6) is -1.31. The van der Waals surface area contributed by atoms with Crippen LogP contribution in [0.5, 0.6) is 0 Å². The lowest BCUT2D eigenvalue weighted by atomic mass is 9.66. The van der Waals surface area contributed by atoms with Gasteiger partial charge in [0.1, 0.15) is 23.7 Å². The number of nitrogens with one attached hydrogen (secondary N) is 2. The predicted molar refractivity (Wildman–Crippen MR) is 177 cm³/mol. The number of ether oxygens (including phenoxy) is 2. The molecule has 1 unspecified atom stereocenters. The van der Waals surface area contributed by atoms with Crippen LogP contribution >= 0.6 is 0 Å². The van der Waals surface area contributed by atoms with Gasteiger partial charge in [0.05, 0.1) is 5.69 Å².